The molecule has 8 heteroatoms. The molecule has 1 amide bonds. The second-order valence-electron chi connectivity index (χ2n) is 6.57. The minimum atomic E-state index is -4.45. The highest BCUT2D eigenvalue weighted by Crippen LogP contribution is 2.29. The lowest BCUT2D eigenvalue weighted by Gasteiger charge is -2.31. The normalized spacial score (nSPS) is 14.1. The predicted octanol–water partition coefficient (Wildman–Crippen LogP) is 3.31. The maximum atomic E-state index is 12.5. The fourth-order valence-electron chi connectivity index (χ4n) is 2.55. The Hall–Kier alpha value is -2.09. The van der Waals surface area contributed by atoms with Crippen LogP contribution in [0.4, 0.5) is 13.2 Å². The maximum absolute atomic E-state index is 12.5. The Kier molecular flexibility index (Phi) is 6.98. The molecule has 1 atom stereocenters. The summed E-state index contributed by atoms with van der Waals surface area (Å²) in [7, 11) is 1.28. The van der Waals surface area contributed by atoms with Gasteiger partial charge in [-0.05, 0) is 43.5 Å². The van der Waals surface area contributed by atoms with Gasteiger partial charge in [0.25, 0.3) is 5.91 Å². The molecule has 0 spiro atoms. The van der Waals surface area contributed by atoms with E-state index in [4.69, 9.17) is 0 Å². The zero-order valence-electron chi connectivity index (χ0n) is 14.7. The number of alkyl halides is 3. The van der Waals surface area contributed by atoms with Gasteiger partial charge in [0.15, 0.2) is 0 Å². The van der Waals surface area contributed by atoms with Crippen LogP contribution >= 0.6 is 0 Å². The SMILES string of the molecule is COC(=O)C[C@](C)(CC(C)C)NNC(=O)c1ccc(C(F)(F)F)cc1. The lowest BCUT2D eigenvalue weighted by atomic mass is 9.88. The first kappa shape index (κ1) is 21.0. The summed E-state index contributed by atoms with van der Waals surface area (Å²) in [6, 6.07) is 3.88. The number of carbonyl (C=O) groups is 2. The van der Waals surface area contributed by atoms with E-state index in [9.17, 15) is 22.8 Å². The van der Waals surface area contributed by atoms with Crippen LogP contribution in [-0.4, -0.2) is 24.5 Å². The van der Waals surface area contributed by atoms with Crippen molar-refractivity contribution >= 4 is 11.9 Å². The number of carbonyl (C=O) groups excluding carboxylic acids is 2. The highest BCUT2D eigenvalue weighted by Gasteiger charge is 2.31. The summed E-state index contributed by atoms with van der Waals surface area (Å²) in [5.74, 6) is -0.780. The third-order valence-electron chi connectivity index (χ3n) is 3.57. The van der Waals surface area contributed by atoms with E-state index in [0.29, 0.717) is 6.42 Å². The number of rotatable bonds is 7. The van der Waals surface area contributed by atoms with Gasteiger partial charge in [-0.2, -0.15) is 13.2 Å². The molecule has 0 aromatic heterocycles. The van der Waals surface area contributed by atoms with Gasteiger partial charge in [0.2, 0.25) is 0 Å². The fraction of sp³-hybridized carbons (Fsp3) is 0.529. The number of nitrogens with one attached hydrogen (secondary N) is 2. The zero-order chi connectivity index (χ0) is 19.3. The zero-order valence-corrected chi connectivity index (χ0v) is 14.7. The van der Waals surface area contributed by atoms with Crippen LogP contribution < -0.4 is 10.9 Å². The standard InChI is InChI=1S/C17H23F3N2O3/c1-11(2)9-16(3,10-14(23)25-4)22-21-15(24)12-5-7-13(8-6-12)17(18,19)20/h5-8,11,22H,9-10H2,1-4H3,(H,21,24)/t16-/m0/s1. The number of esters is 1. The first-order chi connectivity index (χ1) is 11.5. The van der Waals surface area contributed by atoms with Crippen molar-refractivity contribution in [3.05, 3.63) is 35.4 Å². The summed E-state index contributed by atoms with van der Waals surface area (Å²) >= 11 is 0. The molecule has 0 heterocycles. The number of halogens is 3. The average Bonchev–Trinajstić information content (AvgIpc) is 2.51. The van der Waals surface area contributed by atoms with Crippen molar-refractivity contribution in [1.82, 2.24) is 10.9 Å². The van der Waals surface area contributed by atoms with Crippen LogP contribution in [-0.2, 0) is 15.7 Å². The number of methoxy groups -OCH3 is 1. The average molecular weight is 360 g/mol. The van der Waals surface area contributed by atoms with E-state index < -0.39 is 29.2 Å². The Morgan fingerprint density at radius 3 is 2.16 bits per heavy atom. The quantitative estimate of drug-likeness (QED) is 0.578. The van der Waals surface area contributed by atoms with Gasteiger partial charge in [-0.3, -0.25) is 15.0 Å². The van der Waals surface area contributed by atoms with E-state index in [1.54, 1.807) is 6.92 Å². The van der Waals surface area contributed by atoms with E-state index in [1.165, 1.54) is 7.11 Å². The molecule has 25 heavy (non-hydrogen) atoms. The highest BCUT2D eigenvalue weighted by atomic mass is 19.4. The van der Waals surface area contributed by atoms with Crippen LogP contribution in [0.2, 0.25) is 0 Å². The number of hydrogen-bond donors (Lipinski definition) is 2. The summed E-state index contributed by atoms with van der Waals surface area (Å²) in [6.45, 7) is 5.70. The molecular weight excluding hydrogens is 337 g/mol. The van der Waals surface area contributed by atoms with Gasteiger partial charge in [0, 0.05) is 11.1 Å². The van der Waals surface area contributed by atoms with Crippen LogP contribution in [0.25, 0.3) is 0 Å². The van der Waals surface area contributed by atoms with Gasteiger partial charge in [-0.1, -0.05) is 13.8 Å². The summed E-state index contributed by atoms with van der Waals surface area (Å²) < 4.78 is 42.3. The lowest BCUT2D eigenvalue weighted by Crippen LogP contribution is -2.54. The summed E-state index contributed by atoms with van der Waals surface area (Å²) in [6.07, 6.45) is -3.84. The highest BCUT2D eigenvalue weighted by molar-refractivity contribution is 5.93. The fourth-order valence-corrected chi connectivity index (χ4v) is 2.55. The molecule has 0 radical (unpaired) electrons. The molecule has 0 aliphatic carbocycles. The molecule has 0 bridgehead atoms. The maximum Gasteiger partial charge on any atom is 0.416 e. The molecule has 0 saturated carbocycles. The van der Waals surface area contributed by atoms with Crippen molar-refractivity contribution in [2.24, 2.45) is 5.92 Å². The van der Waals surface area contributed by atoms with Crippen molar-refractivity contribution in [2.75, 3.05) is 7.11 Å². The van der Waals surface area contributed by atoms with Crippen molar-refractivity contribution < 1.29 is 27.5 Å². The topological polar surface area (TPSA) is 67.4 Å². The molecule has 0 saturated heterocycles. The van der Waals surface area contributed by atoms with Gasteiger partial charge in [0.05, 0.1) is 19.1 Å². The third kappa shape index (κ3) is 6.74. The smallest absolute Gasteiger partial charge is 0.416 e. The minimum absolute atomic E-state index is 0.0367. The number of ether oxygens (including phenoxy) is 1. The molecule has 1 rings (SSSR count). The second-order valence-corrected chi connectivity index (χ2v) is 6.57. The number of amides is 1. The molecule has 2 N–H and O–H groups in total. The molecule has 0 aliphatic rings. The molecule has 0 aliphatic heterocycles. The monoisotopic (exact) mass is 360 g/mol. The van der Waals surface area contributed by atoms with Crippen LogP contribution in [0.1, 0.15) is 49.5 Å². The number of benzene rings is 1. The first-order valence-corrected chi connectivity index (χ1v) is 7.78. The Morgan fingerprint density at radius 1 is 1.16 bits per heavy atom. The van der Waals surface area contributed by atoms with Gasteiger partial charge in [-0.15, -0.1) is 0 Å². The van der Waals surface area contributed by atoms with E-state index in [2.05, 4.69) is 15.6 Å². The lowest BCUT2D eigenvalue weighted by molar-refractivity contribution is -0.142. The van der Waals surface area contributed by atoms with Gasteiger partial charge >= 0.3 is 12.1 Å². The largest absolute Gasteiger partial charge is 0.469 e. The Labute approximate surface area is 144 Å². The van der Waals surface area contributed by atoms with Crippen molar-refractivity contribution in [1.29, 1.82) is 0 Å². The van der Waals surface area contributed by atoms with Crippen molar-refractivity contribution in [2.45, 2.75) is 45.3 Å². The second kappa shape index (κ2) is 8.33. The van der Waals surface area contributed by atoms with Crippen LogP contribution in [0.3, 0.4) is 0 Å². The van der Waals surface area contributed by atoms with Gasteiger partial charge < -0.3 is 4.74 Å². The van der Waals surface area contributed by atoms with Crippen molar-refractivity contribution in [3.8, 4) is 0 Å². The summed E-state index contributed by atoms with van der Waals surface area (Å²) in [4.78, 5) is 23.7. The number of hydrazine groups is 1. The molecule has 140 valence electrons. The van der Waals surface area contributed by atoms with Gasteiger partial charge in [0.1, 0.15) is 0 Å². The van der Waals surface area contributed by atoms with Crippen LogP contribution in [0.15, 0.2) is 24.3 Å². The van der Waals surface area contributed by atoms with E-state index in [-0.39, 0.29) is 17.9 Å². The summed E-state index contributed by atoms with van der Waals surface area (Å²) in [5, 5.41) is 0. The van der Waals surface area contributed by atoms with Crippen LogP contribution in [0, 0.1) is 5.92 Å². The van der Waals surface area contributed by atoms with E-state index in [0.717, 1.165) is 24.3 Å². The predicted molar refractivity (Wildman–Crippen MR) is 86.5 cm³/mol. The Morgan fingerprint density at radius 2 is 1.72 bits per heavy atom. The van der Waals surface area contributed by atoms with Crippen molar-refractivity contribution in [3.63, 3.8) is 0 Å². The van der Waals surface area contributed by atoms with Crippen LogP contribution in [0.5, 0.6) is 0 Å². The molecule has 0 fully saturated rings. The third-order valence-corrected chi connectivity index (χ3v) is 3.57. The minimum Gasteiger partial charge on any atom is -0.469 e. The molecule has 5 nitrogen and oxygen atoms in total. The molecule has 1 aromatic carbocycles. The number of hydrogen-bond acceptors (Lipinski definition) is 4. The van der Waals surface area contributed by atoms with E-state index >= 15 is 0 Å². The molecule has 0 unspecified atom stereocenters. The van der Waals surface area contributed by atoms with Gasteiger partial charge in [-0.25, -0.2) is 5.43 Å². The molecule has 1 aromatic rings. The Balaban J connectivity index is 2.78. The van der Waals surface area contributed by atoms with E-state index in [1.807, 2.05) is 13.8 Å². The Bertz CT molecular complexity index is 600. The summed E-state index contributed by atoms with van der Waals surface area (Å²) in [5.41, 5.74) is 3.77. The first-order valence-electron chi connectivity index (χ1n) is 7.78. The molecular formula is C17H23F3N2O3.